The van der Waals surface area contributed by atoms with Crippen molar-refractivity contribution in [3.8, 4) is 0 Å². The van der Waals surface area contributed by atoms with E-state index in [2.05, 4.69) is 123 Å². The van der Waals surface area contributed by atoms with Crippen LogP contribution in [0.1, 0.15) is 142 Å². The number of unbranched alkanes of at least 4 members (excludes halogenated alkanes) is 8. The Morgan fingerprint density at radius 3 is 1.39 bits per heavy atom. The van der Waals surface area contributed by atoms with Crippen molar-refractivity contribution >= 4 is 13.8 Å². The Hall–Kier alpha value is -2.84. The van der Waals surface area contributed by atoms with E-state index in [0.29, 0.717) is 24.1 Å². The van der Waals surface area contributed by atoms with Crippen molar-refractivity contribution in [2.24, 2.45) is 0 Å². The summed E-state index contributed by atoms with van der Waals surface area (Å²) in [5.41, 5.74) is 0. The number of phosphoric acid groups is 1. The number of carbonyl (C=O) groups excluding carboxylic acids is 1. The number of allylic oxidation sites excluding steroid dienone is 17. The molecule has 0 aliphatic heterocycles. The van der Waals surface area contributed by atoms with Gasteiger partial charge in [0, 0.05) is 6.42 Å². The summed E-state index contributed by atoms with van der Waals surface area (Å²) < 4.78 is 34.5. The van der Waals surface area contributed by atoms with E-state index in [4.69, 9.17) is 18.5 Å². The second kappa shape index (κ2) is 41.9. The zero-order chi connectivity index (χ0) is 43.4. The van der Waals surface area contributed by atoms with E-state index in [0.717, 1.165) is 89.9 Å². The molecule has 8 nitrogen and oxygen atoms in total. The molecular weight excluding hydrogens is 758 g/mol. The number of hydrogen-bond donors (Lipinski definition) is 0. The highest BCUT2D eigenvalue weighted by molar-refractivity contribution is 7.45. The van der Waals surface area contributed by atoms with Crippen LogP contribution in [0.3, 0.4) is 0 Å². The summed E-state index contributed by atoms with van der Waals surface area (Å²) in [6.45, 7) is 4.91. The van der Waals surface area contributed by atoms with E-state index in [1.54, 1.807) is 0 Å². The minimum absolute atomic E-state index is 0.00448. The summed E-state index contributed by atoms with van der Waals surface area (Å²) >= 11 is 0. The first-order valence-corrected chi connectivity index (χ1v) is 24.1. The van der Waals surface area contributed by atoms with Crippen LogP contribution in [-0.2, 0) is 27.9 Å². The van der Waals surface area contributed by atoms with Gasteiger partial charge in [0.1, 0.15) is 19.3 Å². The van der Waals surface area contributed by atoms with Crippen LogP contribution in [0.25, 0.3) is 0 Å². The molecule has 0 aromatic rings. The molecule has 0 bridgehead atoms. The van der Waals surface area contributed by atoms with Crippen molar-refractivity contribution in [2.75, 3.05) is 54.1 Å². The summed E-state index contributed by atoms with van der Waals surface area (Å²) in [6, 6.07) is 0. The first-order chi connectivity index (χ1) is 28.6. The monoisotopic (exact) mass is 842 g/mol. The maximum absolute atomic E-state index is 12.7. The molecular formula is C50H84NO7P. The number of carbonyl (C=O) groups is 1. The van der Waals surface area contributed by atoms with Gasteiger partial charge in [0.2, 0.25) is 0 Å². The van der Waals surface area contributed by atoms with Crippen LogP contribution in [-0.4, -0.2) is 70.7 Å². The SMILES string of the molecule is CC/C=C\C/C=C\C/C=C\C/C=C\C/C=C\CCOCC(COP(=O)([O-])OCC[N+](C)(C)C)OC(=O)CCCCCCCCCC/C=C\C/C=C\C/C=C\C/C=C\CC. The maximum Gasteiger partial charge on any atom is 0.306 e. The van der Waals surface area contributed by atoms with Crippen molar-refractivity contribution in [3.63, 3.8) is 0 Å². The maximum atomic E-state index is 12.7. The average molecular weight is 842 g/mol. The van der Waals surface area contributed by atoms with Gasteiger partial charge in [0.05, 0.1) is 41.0 Å². The third-order valence-corrected chi connectivity index (χ3v) is 9.80. The molecule has 0 N–H and O–H groups in total. The molecule has 336 valence electrons. The highest BCUT2D eigenvalue weighted by Gasteiger charge is 2.20. The van der Waals surface area contributed by atoms with Crippen LogP contribution in [0.15, 0.2) is 109 Å². The van der Waals surface area contributed by atoms with Gasteiger partial charge in [-0.3, -0.25) is 9.36 Å². The molecule has 0 amide bonds. The lowest BCUT2D eigenvalue weighted by Gasteiger charge is -2.28. The van der Waals surface area contributed by atoms with Crippen LogP contribution < -0.4 is 4.89 Å². The predicted molar refractivity (Wildman–Crippen MR) is 249 cm³/mol. The first-order valence-electron chi connectivity index (χ1n) is 22.6. The van der Waals surface area contributed by atoms with Gasteiger partial charge in [-0.2, -0.15) is 0 Å². The Labute approximate surface area is 361 Å². The number of quaternary nitrogens is 1. The fourth-order valence-corrected chi connectivity index (χ4v) is 6.15. The fourth-order valence-electron chi connectivity index (χ4n) is 5.42. The van der Waals surface area contributed by atoms with Crippen molar-refractivity contribution in [1.29, 1.82) is 0 Å². The minimum Gasteiger partial charge on any atom is -0.756 e. The summed E-state index contributed by atoms with van der Waals surface area (Å²) in [4.78, 5) is 25.1. The number of ether oxygens (including phenoxy) is 2. The van der Waals surface area contributed by atoms with Crippen LogP contribution >= 0.6 is 7.82 Å². The second-order valence-corrected chi connectivity index (χ2v) is 17.1. The normalized spacial score (nSPS) is 14.7. The van der Waals surface area contributed by atoms with E-state index in [1.165, 1.54) is 25.7 Å². The van der Waals surface area contributed by atoms with Crippen molar-refractivity contribution < 1.29 is 37.3 Å². The Morgan fingerprint density at radius 1 is 0.525 bits per heavy atom. The summed E-state index contributed by atoms with van der Waals surface area (Å²) in [5.74, 6) is -0.373. The van der Waals surface area contributed by atoms with Crippen LogP contribution in [0.2, 0.25) is 0 Å². The molecule has 0 fully saturated rings. The van der Waals surface area contributed by atoms with Gasteiger partial charge < -0.3 is 27.9 Å². The van der Waals surface area contributed by atoms with Gasteiger partial charge in [-0.1, -0.05) is 162 Å². The van der Waals surface area contributed by atoms with Crippen LogP contribution in [0.5, 0.6) is 0 Å². The number of phosphoric ester groups is 1. The minimum atomic E-state index is -4.56. The zero-order valence-electron chi connectivity index (χ0n) is 37.9. The Balaban J connectivity index is 4.35. The average Bonchev–Trinajstić information content (AvgIpc) is 3.19. The largest absolute Gasteiger partial charge is 0.756 e. The lowest BCUT2D eigenvalue weighted by molar-refractivity contribution is -0.870. The Bertz CT molecular complexity index is 1300. The highest BCUT2D eigenvalue weighted by atomic mass is 31.2. The Morgan fingerprint density at radius 2 is 0.932 bits per heavy atom. The van der Waals surface area contributed by atoms with Crippen molar-refractivity contribution in [1.82, 2.24) is 0 Å². The van der Waals surface area contributed by atoms with Gasteiger partial charge in [0.25, 0.3) is 7.82 Å². The molecule has 0 aliphatic rings. The standard InChI is InChI=1S/C50H84NO7P/c1-6-8-10-12-14-16-18-20-22-24-25-26-27-28-29-31-33-35-37-39-41-43-50(52)58-49(48-57-59(53,54)56-46-44-51(3,4)5)47-55-45-42-40-38-36-34-32-30-23-21-19-17-15-13-11-9-7-2/h8-11,14-17,20-23,25-26,32,34,38,40,49H,6-7,12-13,18-19,24,27-31,33,35-37,39,41-48H2,1-5H3/b10-8-,11-9-,16-14-,17-15-,22-20-,23-21-,26-25-,34-32-,40-38-. The molecule has 0 rings (SSSR count). The third-order valence-electron chi connectivity index (χ3n) is 8.84. The van der Waals surface area contributed by atoms with E-state index in [9.17, 15) is 14.3 Å². The molecule has 0 heterocycles. The van der Waals surface area contributed by atoms with Gasteiger partial charge >= 0.3 is 5.97 Å². The molecule has 0 radical (unpaired) electrons. The quantitative estimate of drug-likeness (QED) is 0.0199. The molecule has 0 aromatic heterocycles. The fraction of sp³-hybridized carbons (Fsp3) is 0.620. The van der Waals surface area contributed by atoms with Gasteiger partial charge in [0.15, 0.2) is 0 Å². The molecule has 9 heteroatoms. The number of nitrogens with zero attached hydrogens (tertiary/aromatic N) is 1. The number of rotatable bonds is 40. The van der Waals surface area contributed by atoms with E-state index >= 15 is 0 Å². The van der Waals surface area contributed by atoms with Crippen LogP contribution in [0.4, 0.5) is 0 Å². The van der Waals surface area contributed by atoms with Crippen molar-refractivity contribution in [3.05, 3.63) is 109 Å². The smallest absolute Gasteiger partial charge is 0.306 e. The summed E-state index contributed by atoms with van der Waals surface area (Å²) in [6.07, 6.45) is 58.4. The summed E-state index contributed by atoms with van der Waals surface area (Å²) in [5, 5.41) is 0. The number of esters is 1. The van der Waals surface area contributed by atoms with Crippen LogP contribution in [0, 0.1) is 0 Å². The number of hydrogen-bond acceptors (Lipinski definition) is 7. The molecule has 0 spiro atoms. The molecule has 0 saturated heterocycles. The third kappa shape index (κ3) is 46.1. The van der Waals surface area contributed by atoms with Gasteiger partial charge in [-0.15, -0.1) is 0 Å². The molecule has 59 heavy (non-hydrogen) atoms. The number of likely N-dealkylation sites (N-methyl/N-ethyl adjacent to an activating group) is 1. The summed E-state index contributed by atoms with van der Waals surface area (Å²) in [7, 11) is 1.28. The molecule has 0 aliphatic carbocycles. The lowest BCUT2D eigenvalue weighted by atomic mass is 10.1. The van der Waals surface area contributed by atoms with E-state index in [1.807, 2.05) is 21.1 Å². The highest BCUT2D eigenvalue weighted by Crippen LogP contribution is 2.38. The predicted octanol–water partition coefficient (Wildman–Crippen LogP) is 13.0. The second-order valence-electron chi connectivity index (χ2n) is 15.6. The lowest BCUT2D eigenvalue weighted by Crippen LogP contribution is -2.37. The van der Waals surface area contributed by atoms with E-state index < -0.39 is 13.9 Å². The van der Waals surface area contributed by atoms with Gasteiger partial charge in [-0.25, -0.2) is 0 Å². The molecule has 2 unspecified atom stereocenters. The first kappa shape index (κ1) is 56.2. The Kier molecular flexibility index (Phi) is 39.9. The molecule has 0 aromatic carbocycles. The topological polar surface area (TPSA) is 94.1 Å². The zero-order valence-corrected chi connectivity index (χ0v) is 38.8. The van der Waals surface area contributed by atoms with Gasteiger partial charge in [-0.05, 0) is 83.5 Å². The van der Waals surface area contributed by atoms with E-state index in [-0.39, 0.29) is 32.2 Å². The molecule has 2 atom stereocenters. The molecule has 0 saturated carbocycles. The van der Waals surface area contributed by atoms with Crippen molar-refractivity contribution in [2.45, 2.75) is 148 Å².